The Bertz CT molecular complexity index is 1270. The summed E-state index contributed by atoms with van der Waals surface area (Å²) in [5.41, 5.74) is 3.04. The highest BCUT2D eigenvalue weighted by Crippen LogP contribution is 2.41. The fourth-order valence-electron chi connectivity index (χ4n) is 3.66. The van der Waals surface area contributed by atoms with Crippen molar-refractivity contribution < 1.29 is 14.3 Å². The number of rotatable bonds is 6. The lowest BCUT2D eigenvalue weighted by molar-refractivity contribution is -0.140. The number of nitrogens with one attached hydrogen (secondary N) is 1. The highest BCUT2D eigenvalue weighted by Gasteiger charge is 2.28. The summed E-state index contributed by atoms with van der Waals surface area (Å²) in [5, 5.41) is 14.6. The van der Waals surface area contributed by atoms with Gasteiger partial charge >= 0.3 is 5.97 Å². The van der Waals surface area contributed by atoms with E-state index in [4.69, 9.17) is 0 Å². The summed E-state index contributed by atoms with van der Waals surface area (Å²) in [6.07, 6.45) is 0.138. The summed E-state index contributed by atoms with van der Waals surface area (Å²) < 4.78 is 4.68. The van der Waals surface area contributed by atoms with E-state index in [0.29, 0.717) is 11.3 Å². The number of methoxy groups -OCH3 is 1. The molecule has 0 atom stereocenters. The van der Waals surface area contributed by atoms with Gasteiger partial charge in [0.1, 0.15) is 11.6 Å². The fourth-order valence-corrected chi connectivity index (χ4v) is 4.61. The van der Waals surface area contributed by atoms with Gasteiger partial charge in [0.25, 0.3) is 0 Å². The van der Waals surface area contributed by atoms with Crippen LogP contribution in [0.2, 0.25) is 0 Å². The zero-order valence-corrected chi connectivity index (χ0v) is 18.0. The molecule has 0 radical (unpaired) electrons. The number of carbonyl (C=O) groups is 2. The number of hydrogen-bond acceptors (Lipinski definition) is 6. The van der Waals surface area contributed by atoms with E-state index in [2.05, 4.69) is 41.2 Å². The zero-order valence-electron chi connectivity index (χ0n) is 17.2. The monoisotopic (exact) mass is 428 g/mol. The summed E-state index contributed by atoms with van der Waals surface area (Å²) in [5.74, 6) is -0.664. The Morgan fingerprint density at radius 3 is 2.58 bits per heavy atom. The van der Waals surface area contributed by atoms with Crippen molar-refractivity contribution in [1.29, 1.82) is 5.26 Å². The van der Waals surface area contributed by atoms with E-state index in [1.54, 1.807) is 17.8 Å². The summed E-state index contributed by atoms with van der Waals surface area (Å²) in [4.78, 5) is 26.7. The van der Waals surface area contributed by atoms with Gasteiger partial charge < -0.3 is 10.1 Å². The van der Waals surface area contributed by atoms with Crippen molar-refractivity contribution >= 4 is 40.0 Å². The molecule has 0 aliphatic heterocycles. The molecule has 1 N–H and O–H groups in total. The second kappa shape index (κ2) is 8.66. The van der Waals surface area contributed by atoms with Crippen molar-refractivity contribution in [3.63, 3.8) is 0 Å². The Morgan fingerprint density at radius 2 is 1.87 bits per heavy atom. The summed E-state index contributed by atoms with van der Waals surface area (Å²) >= 11 is 1.64. The fraction of sp³-hybridized carbons (Fsp3) is 0.160. The van der Waals surface area contributed by atoms with Crippen LogP contribution in [0.1, 0.15) is 27.9 Å². The second-order valence-electron chi connectivity index (χ2n) is 7.20. The predicted molar refractivity (Wildman–Crippen MR) is 121 cm³/mol. The number of Topliss-reactive ketones (excluding diaryl/α,β-unsaturated/α-hetero) is 1. The lowest BCUT2D eigenvalue weighted by atomic mass is 9.86. The first-order valence-corrected chi connectivity index (χ1v) is 10.7. The second-order valence-corrected chi connectivity index (χ2v) is 8.31. The number of nitriles is 1. The molecule has 3 aromatic carbocycles. The van der Waals surface area contributed by atoms with Gasteiger partial charge in [-0.3, -0.25) is 9.59 Å². The Labute approximate surface area is 184 Å². The Hall–Kier alpha value is -3.56. The molecule has 154 valence electrons. The van der Waals surface area contributed by atoms with Crippen molar-refractivity contribution in [2.75, 3.05) is 13.7 Å². The summed E-state index contributed by atoms with van der Waals surface area (Å²) in [6, 6.07) is 19.9. The molecule has 0 aromatic heterocycles. The van der Waals surface area contributed by atoms with Crippen molar-refractivity contribution in [2.45, 2.75) is 23.1 Å². The normalized spacial score (nSPS) is 12.6. The SMILES string of the molecule is COC(=O)CCNC1=C(C#N)C(=O)c2cccc3c(Sc4ccc(C)cc4)ccc1c23. The van der Waals surface area contributed by atoms with Crippen LogP contribution >= 0.6 is 11.8 Å². The maximum Gasteiger partial charge on any atom is 0.307 e. The maximum atomic E-state index is 13.1. The van der Waals surface area contributed by atoms with Gasteiger partial charge in [-0.05, 0) is 30.5 Å². The van der Waals surface area contributed by atoms with E-state index in [-0.39, 0.29) is 30.3 Å². The van der Waals surface area contributed by atoms with E-state index in [9.17, 15) is 14.9 Å². The van der Waals surface area contributed by atoms with E-state index in [0.717, 1.165) is 26.1 Å². The van der Waals surface area contributed by atoms with Crippen LogP contribution in [0.4, 0.5) is 0 Å². The van der Waals surface area contributed by atoms with Gasteiger partial charge in [-0.25, -0.2) is 0 Å². The van der Waals surface area contributed by atoms with Gasteiger partial charge in [0.05, 0.1) is 19.2 Å². The smallest absolute Gasteiger partial charge is 0.307 e. The molecule has 5 nitrogen and oxygen atoms in total. The average Bonchev–Trinajstić information content (AvgIpc) is 2.79. The van der Waals surface area contributed by atoms with Crippen molar-refractivity contribution in [2.24, 2.45) is 0 Å². The molecule has 0 saturated carbocycles. The standard InChI is InChI=1S/C25H20N2O3S/c1-15-6-8-16(9-7-15)31-21-11-10-18-23-17(21)4-3-5-19(23)25(29)20(14-26)24(18)27-13-12-22(28)30-2/h3-11,27H,12-13H2,1-2H3. The van der Waals surface area contributed by atoms with Crippen LogP contribution in [0.15, 0.2) is 70.0 Å². The van der Waals surface area contributed by atoms with E-state index in [1.165, 1.54) is 12.7 Å². The quantitative estimate of drug-likeness (QED) is 0.564. The van der Waals surface area contributed by atoms with Gasteiger partial charge in [0.2, 0.25) is 5.78 Å². The van der Waals surface area contributed by atoms with Gasteiger partial charge in [-0.15, -0.1) is 0 Å². The largest absolute Gasteiger partial charge is 0.469 e. The third kappa shape index (κ3) is 3.92. The number of ether oxygens (including phenoxy) is 1. The Morgan fingerprint density at radius 1 is 1.10 bits per heavy atom. The molecule has 0 bridgehead atoms. The highest BCUT2D eigenvalue weighted by atomic mass is 32.2. The first-order chi connectivity index (χ1) is 15.0. The molecule has 0 unspecified atom stereocenters. The van der Waals surface area contributed by atoms with Crippen molar-refractivity contribution in [3.05, 3.63) is 76.9 Å². The summed E-state index contributed by atoms with van der Waals surface area (Å²) in [7, 11) is 1.33. The highest BCUT2D eigenvalue weighted by molar-refractivity contribution is 7.99. The molecule has 4 rings (SSSR count). The maximum absolute atomic E-state index is 13.1. The number of nitrogens with zero attached hydrogens (tertiary/aromatic N) is 1. The van der Waals surface area contributed by atoms with Crippen LogP contribution in [-0.4, -0.2) is 25.4 Å². The number of hydrogen-bond donors (Lipinski definition) is 1. The topological polar surface area (TPSA) is 79.2 Å². The Balaban J connectivity index is 1.79. The van der Waals surface area contributed by atoms with Crippen LogP contribution in [0, 0.1) is 18.3 Å². The first-order valence-electron chi connectivity index (χ1n) is 9.84. The number of aryl methyl sites for hydroxylation is 1. The molecular weight excluding hydrogens is 408 g/mol. The molecular formula is C25H20N2O3S. The lowest BCUT2D eigenvalue weighted by Gasteiger charge is -2.22. The first kappa shape index (κ1) is 20.7. The minimum Gasteiger partial charge on any atom is -0.469 e. The van der Waals surface area contributed by atoms with Crippen LogP contribution in [-0.2, 0) is 9.53 Å². The molecule has 6 heteroatoms. The molecule has 1 aliphatic carbocycles. The number of esters is 1. The number of ketones is 1. The average molecular weight is 429 g/mol. The zero-order chi connectivity index (χ0) is 22.0. The van der Waals surface area contributed by atoms with Crippen LogP contribution in [0.25, 0.3) is 16.5 Å². The van der Waals surface area contributed by atoms with Gasteiger partial charge in [-0.1, -0.05) is 53.7 Å². The van der Waals surface area contributed by atoms with E-state index >= 15 is 0 Å². The minimum atomic E-state index is -0.357. The molecule has 0 amide bonds. The summed E-state index contributed by atoms with van der Waals surface area (Å²) in [6.45, 7) is 2.32. The third-order valence-corrected chi connectivity index (χ3v) is 6.29. The lowest BCUT2D eigenvalue weighted by Crippen LogP contribution is -2.24. The van der Waals surface area contributed by atoms with Crippen LogP contribution in [0.5, 0.6) is 0 Å². The molecule has 0 fully saturated rings. The van der Waals surface area contributed by atoms with Gasteiger partial charge in [-0.2, -0.15) is 5.26 Å². The van der Waals surface area contributed by atoms with Gasteiger partial charge in [0, 0.05) is 32.8 Å². The van der Waals surface area contributed by atoms with Crippen molar-refractivity contribution in [3.8, 4) is 6.07 Å². The molecule has 0 spiro atoms. The minimum absolute atomic E-state index is 0.0591. The third-order valence-electron chi connectivity index (χ3n) is 5.21. The van der Waals surface area contributed by atoms with Crippen LogP contribution < -0.4 is 5.32 Å². The molecule has 31 heavy (non-hydrogen) atoms. The van der Waals surface area contributed by atoms with E-state index in [1.807, 2.05) is 30.3 Å². The van der Waals surface area contributed by atoms with Crippen molar-refractivity contribution in [1.82, 2.24) is 5.32 Å². The predicted octanol–water partition coefficient (Wildman–Crippen LogP) is 4.88. The number of allylic oxidation sites excluding steroid dienone is 1. The molecule has 3 aromatic rings. The molecule has 1 aliphatic rings. The molecule has 0 saturated heterocycles. The van der Waals surface area contributed by atoms with Crippen LogP contribution in [0.3, 0.4) is 0 Å². The molecule has 0 heterocycles. The van der Waals surface area contributed by atoms with Gasteiger partial charge in [0.15, 0.2) is 0 Å². The van der Waals surface area contributed by atoms with E-state index < -0.39 is 0 Å². The Kier molecular flexibility index (Phi) is 5.79. The number of benzene rings is 3. The number of carbonyl (C=O) groups excluding carboxylic acids is 2.